The predicted molar refractivity (Wildman–Crippen MR) is 71.6 cm³/mol. The summed E-state index contributed by atoms with van der Waals surface area (Å²) in [5, 5.41) is 8.86. The number of benzene rings is 1. The number of sulfonamides is 1. The van der Waals surface area contributed by atoms with Crippen LogP contribution in [-0.4, -0.2) is 25.0 Å². The first-order valence-electron chi connectivity index (χ1n) is 5.14. The molecule has 1 rings (SSSR count). The van der Waals surface area contributed by atoms with E-state index in [0.717, 1.165) is 6.07 Å². The molecular formula is C12H12ClNO4S. The fraction of sp³-hybridized carbons (Fsp3) is 0.250. The van der Waals surface area contributed by atoms with Gasteiger partial charge in [-0.15, -0.1) is 6.42 Å². The van der Waals surface area contributed by atoms with Crippen molar-refractivity contribution in [2.75, 3.05) is 0 Å². The van der Waals surface area contributed by atoms with Crippen molar-refractivity contribution in [1.82, 2.24) is 4.72 Å². The van der Waals surface area contributed by atoms with Crippen molar-refractivity contribution in [3.05, 3.63) is 28.8 Å². The maximum absolute atomic E-state index is 12.1. The van der Waals surface area contributed by atoms with Crippen LogP contribution in [0.15, 0.2) is 23.1 Å². The van der Waals surface area contributed by atoms with E-state index in [1.165, 1.54) is 26.0 Å². The van der Waals surface area contributed by atoms with Crippen LogP contribution in [0.4, 0.5) is 0 Å². The van der Waals surface area contributed by atoms with Gasteiger partial charge in [0.05, 0.1) is 21.0 Å². The summed E-state index contributed by atoms with van der Waals surface area (Å²) in [6, 6.07) is 3.41. The second-order valence-corrected chi connectivity index (χ2v) is 6.41. The zero-order valence-corrected chi connectivity index (χ0v) is 11.8. The number of rotatable bonds is 4. The highest BCUT2D eigenvalue weighted by molar-refractivity contribution is 7.89. The second kappa shape index (κ2) is 5.21. The Balaban J connectivity index is 3.28. The monoisotopic (exact) mass is 301 g/mol. The Labute approximate surface area is 116 Å². The van der Waals surface area contributed by atoms with Crippen molar-refractivity contribution in [3.63, 3.8) is 0 Å². The highest BCUT2D eigenvalue weighted by Crippen LogP contribution is 2.21. The van der Waals surface area contributed by atoms with E-state index in [1.807, 2.05) is 0 Å². The van der Waals surface area contributed by atoms with E-state index in [1.54, 1.807) is 0 Å². The summed E-state index contributed by atoms with van der Waals surface area (Å²) >= 11 is 5.67. The Morgan fingerprint density at radius 2 is 2.05 bits per heavy atom. The molecule has 0 amide bonds. The van der Waals surface area contributed by atoms with Crippen LogP contribution in [0.2, 0.25) is 5.02 Å². The zero-order valence-electron chi connectivity index (χ0n) is 10.3. The number of carboxylic acids is 1. The molecule has 0 bridgehead atoms. The van der Waals surface area contributed by atoms with Crippen molar-refractivity contribution in [2.45, 2.75) is 24.3 Å². The molecule has 1 aromatic carbocycles. The summed E-state index contributed by atoms with van der Waals surface area (Å²) < 4.78 is 26.4. The molecule has 1 aromatic rings. The Morgan fingerprint density at radius 1 is 1.47 bits per heavy atom. The summed E-state index contributed by atoms with van der Waals surface area (Å²) in [5.41, 5.74) is -1.37. The number of nitrogens with one attached hydrogen (secondary N) is 1. The van der Waals surface area contributed by atoms with Crippen molar-refractivity contribution in [2.24, 2.45) is 0 Å². The number of halogens is 1. The molecule has 7 heteroatoms. The van der Waals surface area contributed by atoms with Crippen molar-refractivity contribution in [1.29, 1.82) is 0 Å². The summed E-state index contributed by atoms with van der Waals surface area (Å²) in [6.45, 7) is 3.02. The third-order valence-electron chi connectivity index (χ3n) is 2.23. The molecule has 0 fully saturated rings. The van der Waals surface area contributed by atoms with Gasteiger partial charge in [-0.25, -0.2) is 13.2 Å². The Hall–Kier alpha value is -1.55. The van der Waals surface area contributed by atoms with Gasteiger partial charge in [0.25, 0.3) is 0 Å². The number of hydrogen-bond acceptors (Lipinski definition) is 3. The van der Waals surface area contributed by atoms with Crippen molar-refractivity contribution >= 4 is 27.6 Å². The molecule has 5 nitrogen and oxygen atoms in total. The van der Waals surface area contributed by atoms with Gasteiger partial charge in [-0.1, -0.05) is 17.5 Å². The Morgan fingerprint density at radius 3 is 2.53 bits per heavy atom. The molecule has 0 saturated heterocycles. The number of aromatic carboxylic acids is 1. The summed E-state index contributed by atoms with van der Waals surface area (Å²) in [6.07, 6.45) is 5.20. The minimum atomic E-state index is -3.92. The Kier molecular flexibility index (Phi) is 4.25. The van der Waals surface area contributed by atoms with E-state index >= 15 is 0 Å². The predicted octanol–water partition coefficient (Wildman–Crippen LogP) is 1.73. The molecule has 0 atom stereocenters. The van der Waals surface area contributed by atoms with Crippen LogP contribution >= 0.6 is 11.6 Å². The highest BCUT2D eigenvalue weighted by Gasteiger charge is 2.25. The molecule has 19 heavy (non-hydrogen) atoms. The highest BCUT2D eigenvalue weighted by atomic mass is 35.5. The smallest absolute Gasteiger partial charge is 0.337 e. The standard InChI is InChI=1S/C12H12ClNO4S/c1-4-12(2,3)14-19(17,18)8-5-6-10(13)9(7-8)11(15)16/h1,5-7,14H,2-3H3,(H,15,16). The molecular weight excluding hydrogens is 290 g/mol. The molecule has 0 unspecified atom stereocenters. The lowest BCUT2D eigenvalue weighted by molar-refractivity contribution is 0.0697. The molecule has 102 valence electrons. The molecule has 0 aliphatic carbocycles. The number of carboxylic acid groups (broad SMARTS) is 1. The van der Waals surface area contributed by atoms with Gasteiger partial charge >= 0.3 is 5.97 Å². The number of hydrogen-bond donors (Lipinski definition) is 2. The van der Waals surface area contributed by atoms with E-state index in [9.17, 15) is 13.2 Å². The maximum Gasteiger partial charge on any atom is 0.337 e. The fourth-order valence-electron chi connectivity index (χ4n) is 1.26. The van der Waals surface area contributed by atoms with Gasteiger partial charge < -0.3 is 5.11 Å². The normalized spacial score (nSPS) is 11.9. The molecule has 0 aliphatic heterocycles. The van der Waals surface area contributed by atoms with Gasteiger partial charge in [-0.3, -0.25) is 0 Å². The van der Waals surface area contributed by atoms with Gasteiger partial charge in [0.1, 0.15) is 0 Å². The maximum atomic E-state index is 12.1. The van der Waals surface area contributed by atoms with E-state index in [0.29, 0.717) is 0 Å². The zero-order chi connectivity index (χ0) is 14.8. The molecule has 0 aliphatic rings. The van der Waals surface area contributed by atoms with Gasteiger partial charge in [0.15, 0.2) is 0 Å². The van der Waals surface area contributed by atoms with Gasteiger partial charge in [-0.05, 0) is 32.0 Å². The van der Waals surface area contributed by atoms with Crippen LogP contribution in [0.25, 0.3) is 0 Å². The Bertz CT molecular complexity index is 659. The first-order chi connectivity index (χ1) is 8.59. The third-order valence-corrected chi connectivity index (χ3v) is 4.21. The van der Waals surface area contributed by atoms with Crippen LogP contribution in [0.1, 0.15) is 24.2 Å². The van der Waals surface area contributed by atoms with Gasteiger partial charge in [0, 0.05) is 0 Å². The SMILES string of the molecule is C#CC(C)(C)NS(=O)(=O)c1ccc(Cl)c(C(=O)O)c1. The average molecular weight is 302 g/mol. The van der Waals surface area contributed by atoms with E-state index in [2.05, 4.69) is 10.6 Å². The van der Waals surface area contributed by atoms with Crippen molar-refractivity contribution in [3.8, 4) is 12.3 Å². The lowest BCUT2D eigenvalue weighted by Gasteiger charge is -2.19. The summed E-state index contributed by atoms with van der Waals surface area (Å²) in [7, 11) is -3.92. The quantitative estimate of drug-likeness (QED) is 0.830. The first kappa shape index (κ1) is 15.5. The van der Waals surface area contributed by atoms with Crippen LogP contribution in [0.5, 0.6) is 0 Å². The lowest BCUT2D eigenvalue weighted by atomic mass is 10.1. The molecule has 0 saturated carbocycles. The lowest BCUT2D eigenvalue weighted by Crippen LogP contribution is -2.42. The van der Waals surface area contributed by atoms with Crippen LogP contribution in [0, 0.1) is 12.3 Å². The molecule has 0 heterocycles. The van der Waals surface area contributed by atoms with Crippen LogP contribution in [-0.2, 0) is 10.0 Å². The third kappa shape index (κ3) is 3.70. The van der Waals surface area contributed by atoms with Crippen LogP contribution in [0.3, 0.4) is 0 Å². The average Bonchev–Trinajstić information content (AvgIpc) is 2.27. The number of terminal acetylenes is 1. The van der Waals surface area contributed by atoms with E-state index in [-0.39, 0.29) is 15.5 Å². The van der Waals surface area contributed by atoms with Gasteiger partial charge in [0.2, 0.25) is 10.0 Å². The number of carbonyl (C=O) groups is 1. The minimum absolute atomic E-state index is 0.0392. The second-order valence-electron chi connectivity index (χ2n) is 4.32. The summed E-state index contributed by atoms with van der Waals surface area (Å²) in [4.78, 5) is 10.7. The van der Waals surface area contributed by atoms with E-state index in [4.69, 9.17) is 23.1 Å². The fourth-order valence-corrected chi connectivity index (χ4v) is 2.83. The molecule has 0 radical (unpaired) electrons. The van der Waals surface area contributed by atoms with Crippen LogP contribution < -0.4 is 4.72 Å². The first-order valence-corrected chi connectivity index (χ1v) is 7.00. The topological polar surface area (TPSA) is 83.5 Å². The van der Waals surface area contributed by atoms with E-state index < -0.39 is 21.5 Å². The van der Waals surface area contributed by atoms with Crippen molar-refractivity contribution < 1.29 is 18.3 Å². The van der Waals surface area contributed by atoms with Gasteiger partial charge in [-0.2, -0.15) is 4.72 Å². The minimum Gasteiger partial charge on any atom is -0.478 e. The molecule has 0 aromatic heterocycles. The molecule has 2 N–H and O–H groups in total. The molecule has 0 spiro atoms. The summed E-state index contributed by atoms with van der Waals surface area (Å²) in [5.74, 6) is 0.976. The largest absolute Gasteiger partial charge is 0.478 e.